The van der Waals surface area contributed by atoms with Crippen molar-refractivity contribution in [2.75, 3.05) is 26.6 Å². The number of carbonyl (C=O) groups is 2. The summed E-state index contributed by atoms with van der Waals surface area (Å²) in [5, 5.41) is 9.28. The number of hydrogen-bond acceptors (Lipinski definition) is 9. The SMILES string of the molecule is COC(=O)C(=C(COC(=O)CCCCCO[N+](=O)[O-])c1ccc(S(C)(=O)=O)cc1)c1ccccc1. The molecule has 2 rings (SSSR count). The number of benzene rings is 2. The Balaban J connectivity index is 2.27. The summed E-state index contributed by atoms with van der Waals surface area (Å²) in [6.07, 6.45) is 2.58. The topological polar surface area (TPSA) is 139 Å². The first-order valence-corrected chi connectivity index (χ1v) is 12.6. The minimum absolute atomic E-state index is 0.0437. The van der Waals surface area contributed by atoms with Gasteiger partial charge in [0.25, 0.3) is 5.09 Å². The van der Waals surface area contributed by atoms with Gasteiger partial charge in [0.05, 0.1) is 24.2 Å². The highest BCUT2D eigenvalue weighted by Crippen LogP contribution is 2.29. The number of carbonyl (C=O) groups excluding carboxylic acids is 2. The van der Waals surface area contributed by atoms with Crippen molar-refractivity contribution in [2.45, 2.75) is 30.6 Å². The Morgan fingerprint density at radius 2 is 1.60 bits per heavy atom. The summed E-state index contributed by atoms with van der Waals surface area (Å²) in [6.45, 7) is -0.293. The molecule has 0 spiro atoms. The maximum Gasteiger partial charge on any atom is 0.338 e. The number of ether oxygens (including phenoxy) is 2. The predicted molar refractivity (Wildman–Crippen MR) is 127 cm³/mol. The monoisotopic (exact) mass is 505 g/mol. The molecule has 35 heavy (non-hydrogen) atoms. The summed E-state index contributed by atoms with van der Waals surface area (Å²) in [7, 11) is -2.19. The highest BCUT2D eigenvalue weighted by molar-refractivity contribution is 7.90. The van der Waals surface area contributed by atoms with Crippen LogP contribution in [-0.2, 0) is 33.7 Å². The molecule has 2 aromatic carbocycles. The van der Waals surface area contributed by atoms with Gasteiger partial charge in [-0.3, -0.25) is 4.79 Å². The van der Waals surface area contributed by atoms with E-state index in [0.29, 0.717) is 36.0 Å². The van der Waals surface area contributed by atoms with E-state index in [1.54, 1.807) is 42.5 Å². The van der Waals surface area contributed by atoms with Gasteiger partial charge in [0.1, 0.15) is 6.61 Å². The smallest absolute Gasteiger partial charge is 0.338 e. The van der Waals surface area contributed by atoms with E-state index in [9.17, 15) is 28.1 Å². The van der Waals surface area contributed by atoms with Gasteiger partial charge in [-0.1, -0.05) is 48.9 Å². The van der Waals surface area contributed by atoms with E-state index in [2.05, 4.69) is 4.84 Å². The van der Waals surface area contributed by atoms with E-state index < -0.39 is 26.9 Å². The van der Waals surface area contributed by atoms with Crippen LogP contribution in [0, 0.1) is 10.1 Å². The molecule has 11 heteroatoms. The van der Waals surface area contributed by atoms with Crippen LogP contribution in [0.1, 0.15) is 36.8 Å². The molecule has 188 valence electrons. The molecule has 0 aliphatic carbocycles. The third-order valence-electron chi connectivity index (χ3n) is 4.98. The number of unbranched alkanes of at least 4 members (excludes halogenated alkanes) is 2. The van der Waals surface area contributed by atoms with E-state index >= 15 is 0 Å². The first-order chi connectivity index (χ1) is 16.6. The number of methoxy groups -OCH3 is 1. The van der Waals surface area contributed by atoms with Crippen molar-refractivity contribution >= 4 is 32.9 Å². The van der Waals surface area contributed by atoms with Crippen LogP contribution in [0.4, 0.5) is 0 Å². The number of sulfone groups is 1. The summed E-state index contributed by atoms with van der Waals surface area (Å²) in [4.78, 5) is 39.5. The molecule has 0 amide bonds. The van der Waals surface area contributed by atoms with Crippen LogP contribution in [0.25, 0.3) is 11.1 Å². The molecular weight excluding hydrogens is 478 g/mol. The molecule has 0 radical (unpaired) electrons. The predicted octanol–water partition coefficient (Wildman–Crippen LogP) is 3.49. The fraction of sp³-hybridized carbons (Fsp3) is 0.333. The lowest BCUT2D eigenvalue weighted by molar-refractivity contribution is -0.757. The van der Waals surface area contributed by atoms with Gasteiger partial charge >= 0.3 is 11.9 Å². The third-order valence-corrected chi connectivity index (χ3v) is 6.11. The first kappa shape index (κ1) is 27.5. The molecule has 0 fully saturated rings. The number of nitrogens with zero attached hydrogens (tertiary/aromatic N) is 1. The van der Waals surface area contributed by atoms with E-state index in [0.717, 1.165) is 6.26 Å². The third kappa shape index (κ3) is 8.85. The van der Waals surface area contributed by atoms with Gasteiger partial charge in [0.15, 0.2) is 9.84 Å². The van der Waals surface area contributed by atoms with E-state index in [-0.39, 0.29) is 30.1 Å². The minimum Gasteiger partial charge on any atom is -0.465 e. The van der Waals surface area contributed by atoms with Crippen LogP contribution in [0.3, 0.4) is 0 Å². The molecule has 0 aromatic heterocycles. The van der Waals surface area contributed by atoms with Gasteiger partial charge in [-0.15, -0.1) is 10.1 Å². The first-order valence-electron chi connectivity index (χ1n) is 10.7. The molecule has 0 aliphatic rings. The molecule has 0 N–H and O–H groups in total. The van der Waals surface area contributed by atoms with Crippen LogP contribution in [0.5, 0.6) is 0 Å². The highest BCUT2D eigenvalue weighted by Gasteiger charge is 2.21. The van der Waals surface area contributed by atoms with Gasteiger partial charge in [-0.2, -0.15) is 0 Å². The fourth-order valence-electron chi connectivity index (χ4n) is 3.24. The van der Waals surface area contributed by atoms with Crippen molar-refractivity contribution in [3.63, 3.8) is 0 Å². The van der Waals surface area contributed by atoms with Crippen molar-refractivity contribution in [3.05, 3.63) is 75.8 Å². The van der Waals surface area contributed by atoms with Crippen LogP contribution < -0.4 is 0 Å². The fourth-order valence-corrected chi connectivity index (χ4v) is 3.87. The lowest BCUT2D eigenvalue weighted by atomic mass is 9.95. The van der Waals surface area contributed by atoms with Crippen LogP contribution in [0.15, 0.2) is 59.5 Å². The lowest BCUT2D eigenvalue weighted by Gasteiger charge is -2.16. The zero-order valence-corrected chi connectivity index (χ0v) is 20.3. The van der Waals surface area contributed by atoms with Crippen LogP contribution >= 0.6 is 0 Å². The van der Waals surface area contributed by atoms with Crippen molar-refractivity contribution < 1.29 is 37.4 Å². The van der Waals surface area contributed by atoms with Gasteiger partial charge in [-0.05, 0) is 36.1 Å². The summed E-state index contributed by atoms with van der Waals surface area (Å²) >= 11 is 0. The average Bonchev–Trinajstić information content (AvgIpc) is 2.83. The zero-order valence-electron chi connectivity index (χ0n) is 19.5. The van der Waals surface area contributed by atoms with E-state index in [4.69, 9.17) is 9.47 Å². The number of esters is 2. The largest absolute Gasteiger partial charge is 0.465 e. The Morgan fingerprint density at radius 1 is 0.943 bits per heavy atom. The Bertz CT molecular complexity index is 1160. The molecule has 0 heterocycles. The molecule has 0 atom stereocenters. The highest BCUT2D eigenvalue weighted by atomic mass is 32.2. The standard InChI is InChI=1S/C24H27NO9S/c1-32-24(27)23(19-9-5-3-6-10-19)21(18-12-14-20(15-13-18)35(2,30)31)17-33-22(26)11-7-4-8-16-34-25(28)29/h3,5-6,9-10,12-15H,4,7-8,11,16-17H2,1-2H3. The summed E-state index contributed by atoms with van der Waals surface area (Å²) in [5.41, 5.74) is 1.58. The number of rotatable bonds is 13. The molecule has 10 nitrogen and oxygen atoms in total. The van der Waals surface area contributed by atoms with E-state index in [1.165, 1.54) is 19.2 Å². The zero-order chi connectivity index (χ0) is 25.8. The summed E-state index contributed by atoms with van der Waals surface area (Å²) < 4.78 is 34.1. The molecule has 0 unspecified atom stereocenters. The van der Waals surface area contributed by atoms with Crippen molar-refractivity contribution in [3.8, 4) is 0 Å². The van der Waals surface area contributed by atoms with Crippen molar-refractivity contribution in [1.82, 2.24) is 0 Å². The maximum atomic E-state index is 12.7. The van der Waals surface area contributed by atoms with E-state index in [1.807, 2.05) is 0 Å². The maximum absolute atomic E-state index is 12.7. The second-order valence-electron chi connectivity index (χ2n) is 7.54. The molecule has 0 saturated carbocycles. The molecule has 0 bridgehead atoms. The second-order valence-corrected chi connectivity index (χ2v) is 9.55. The Kier molecular flexibility index (Phi) is 10.4. The van der Waals surface area contributed by atoms with Crippen LogP contribution in [-0.4, -0.2) is 52.0 Å². The number of hydrogen-bond donors (Lipinski definition) is 0. The summed E-state index contributed by atoms with van der Waals surface area (Å²) in [5.74, 6) is -1.15. The Morgan fingerprint density at radius 3 is 2.17 bits per heavy atom. The molecule has 0 saturated heterocycles. The quantitative estimate of drug-likeness (QED) is 0.0999. The van der Waals surface area contributed by atoms with Crippen LogP contribution in [0.2, 0.25) is 0 Å². The van der Waals surface area contributed by atoms with Crippen molar-refractivity contribution in [2.24, 2.45) is 0 Å². The van der Waals surface area contributed by atoms with Crippen molar-refractivity contribution in [1.29, 1.82) is 0 Å². The summed E-state index contributed by atoms with van der Waals surface area (Å²) in [6, 6.07) is 14.6. The van der Waals surface area contributed by atoms with Gasteiger partial charge in [0.2, 0.25) is 0 Å². The molecule has 2 aromatic rings. The van der Waals surface area contributed by atoms with Gasteiger partial charge in [-0.25, -0.2) is 13.2 Å². The average molecular weight is 506 g/mol. The van der Waals surface area contributed by atoms with Gasteiger partial charge < -0.3 is 14.3 Å². The van der Waals surface area contributed by atoms with Gasteiger partial charge in [0, 0.05) is 18.2 Å². The Labute approximate surface area is 203 Å². The normalized spacial score (nSPS) is 11.8. The lowest BCUT2D eigenvalue weighted by Crippen LogP contribution is -2.13. The second kappa shape index (κ2) is 13.2. The molecule has 0 aliphatic heterocycles. The minimum atomic E-state index is -3.43. The molecular formula is C24H27NO9S. The Hall–Kier alpha value is -3.73.